The molecule has 110 valence electrons. The number of ether oxygens (including phenoxy) is 1. The number of rotatable bonds is 4. The van der Waals surface area contributed by atoms with E-state index in [1.54, 1.807) is 0 Å². The van der Waals surface area contributed by atoms with Gasteiger partial charge in [-0.25, -0.2) is 0 Å². The normalized spacial score (nSPS) is 23.9. The molecule has 0 saturated heterocycles. The second-order valence-electron chi connectivity index (χ2n) is 6.92. The molecule has 0 bridgehead atoms. The highest BCUT2D eigenvalue weighted by Gasteiger charge is 2.42. The van der Waals surface area contributed by atoms with Crippen LogP contribution in [0.4, 0.5) is 0 Å². The molecule has 1 heterocycles. The highest BCUT2D eigenvalue weighted by atomic mass is 16.5. The van der Waals surface area contributed by atoms with Crippen LogP contribution in [0, 0.1) is 5.92 Å². The molecule has 0 amide bonds. The molecule has 20 heavy (non-hydrogen) atoms. The van der Waals surface area contributed by atoms with Crippen LogP contribution in [0.25, 0.3) is 0 Å². The summed E-state index contributed by atoms with van der Waals surface area (Å²) in [5.74, 6) is 1.88. The van der Waals surface area contributed by atoms with Crippen molar-refractivity contribution in [2.24, 2.45) is 5.92 Å². The zero-order valence-electron chi connectivity index (χ0n) is 12.8. The smallest absolute Gasteiger partial charge is 0.124 e. The van der Waals surface area contributed by atoms with Gasteiger partial charge in [-0.2, -0.15) is 0 Å². The van der Waals surface area contributed by atoms with Crippen LogP contribution in [0.3, 0.4) is 0 Å². The van der Waals surface area contributed by atoms with Gasteiger partial charge >= 0.3 is 0 Å². The first-order chi connectivity index (χ1) is 9.69. The molecule has 0 aromatic heterocycles. The third kappa shape index (κ3) is 2.85. The van der Waals surface area contributed by atoms with E-state index in [9.17, 15) is 0 Å². The van der Waals surface area contributed by atoms with Crippen molar-refractivity contribution in [2.45, 2.75) is 64.0 Å². The van der Waals surface area contributed by atoms with Crippen LogP contribution in [0.15, 0.2) is 24.3 Å². The minimum atomic E-state index is 0.115. The summed E-state index contributed by atoms with van der Waals surface area (Å²) >= 11 is 0. The molecule has 1 aliphatic carbocycles. The zero-order valence-corrected chi connectivity index (χ0v) is 12.8. The maximum atomic E-state index is 6.40. The molecule has 1 aromatic carbocycles. The van der Waals surface area contributed by atoms with Gasteiger partial charge in [-0.05, 0) is 50.6 Å². The summed E-state index contributed by atoms with van der Waals surface area (Å²) in [4.78, 5) is 0. The Morgan fingerprint density at radius 3 is 2.75 bits per heavy atom. The Morgan fingerprint density at radius 2 is 2.00 bits per heavy atom. The SMILES string of the molecule is CC(C)CCNC1CC2(CCCC2)Oc2ccccc21. The highest BCUT2D eigenvalue weighted by molar-refractivity contribution is 5.39. The summed E-state index contributed by atoms with van der Waals surface area (Å²) in [5, 5.41) is 3.78. The molecular weight excluding hydrogens is 246 g/mol. The Bertz CT molecular complexity index is 448. The summed E-state index contributed by atoms with van der Waals surface area (Å²) in [5.41, 5.74) is 1.47. The van der Waals surface area contributed by atoms with Gasteiger partial charge in [0.15, 0.2) is 0 Å². The predicted molar refractivity (Wildman–Crippen MR) is 83.1 cm³/mol. The zero-order chi connectivity index (χ0) is 14.0. The Labute approximate surface area is 122 Å². The predicted octanol–water partition coefficient (Wildman–Crippen LogP) is 4.46. The van der Waals surface area contributed by atoms with E-state index < -0.39 is 0 Å². The van der Waals surface area contributed by atoms with Crippen LogP contribution in [-0.4, -0.2) is 12.1 Å². The molecule has 1 atom stereocenters. The van der Waals surface area contributed by atoms with Crippen molar-refractivity contribution >= 4 is 0 Å². The van der Waals surface area contributed by atoms with Gasteiger partial charge in [0.25, 0.3) is 0 Å². The van der Waals surface area contributed by atoms with Crippen LogP contribution in [0.5, 0.6) is 5.75 Å². The Kier molecular flexibility index (Phi) is 4.02. The molecule has 2 heteroatoms. The first-order valence-corrected chi connectivity index (χ1v) is 8.20. The fourth-order valence-corrected chi connectivity index (χ4v) is 3.67. The third-order valence-electron chi connectivity index (χ3n) is 4.82. The van der Waals surface area contributed by atoms with E-state index in [1.165, 1.54) is 37.7 Å². The average molecular weight is 273 g/mol. The van der Waals surface area contributed by atoms with Crippen molar-refractivity contribution in [1.82, 2.24) is 5.32 Å². The van der Waals surface area contributed by atoms with E-state index in [2.05, 4.69) is 43.4 Å². The first kappa shape index (κ1) is 13.9. The molecule has 0 radical (unpaired) electrons. The summed E-state index contributed by atoms with van der Waals surface area (Å²) < 4.78 is 6.40. The summed E-state index contributed by atoms with van der Waals surface area (Å²) in [6.07, 6.45) is 7.48. The second kappa shape index (κ2) is 5.77. The molecule has 1 aromatic rings. The Balaban J connectivity index is 1.77. The summed E-state index contributed by atoms with van der Waals surface area (Å²) in [6, 6.07) is 9.07. The molecule has 1 saturated carbocycles. The monoisotopic (exact) mass is 273 g/mol. The van der Waals surface area contributed by atoms with Crippen molar-refractivity contribution in [3.63, 3.8) is 0 Å². The fourth-order valence-electron chi connectivity index (χ4n) is 3.67. The first-order valence-electron chi connectivity index (χ1n) is 8.20. The molecule has 1 fully saturated rings. The standard InChI is InChI=1S/C18H27NO/c1-14(2)9-12-19-16-13-18(10-5-6-11-18)20-17-8-4-3-7-15(16)17/h3-4,7-8,14,16,19H,5-6,9-13H2,1-2H3. The number of fused-ring (bicyclic) bond motifs is 1. The lowest BCUT2D eigenvalue weighted by Gasteiger charge is -2.40. The number of nitrogens with one attached hydrogen (secondary N) is 1. The van der Waals surface area contributed by atoms with E-state index in [-0.39, 0.29) is 5.60 Å². The van der Waals surface area contributed by atoms with Crippen LogP contribution >= 0.6 is 0 Å². The van der Waals surface area contributed by atoms with Crippen LogP contribution < -0.4 is 10.1 Å². The van der Waals surface area contributed by atoms with E-state index in [4.69, 9.17) is 4.74 Å². The van der Waals surface area contributed by atoms with Gasteiger partial charge in [0, 0.05) is 18.0 Å². The largest absolute Gasteiger partial charge is 0.487 e. The van der Waals surface area contributed by atoms with Crippen LogP contribution in [0.2, 0.25) is 0 Å². The summed E-state index contributed by atoms with van der Waals surface area (Å²) in [7, 11) is 0. The van der Waals surface area contributed by atoms with Crippen LogP contribution in [0.1, 0.15) is 64.0 Å². The molecular formula is C18H27NO. The van der Waals surface area contributed by atoms with Crippen molar-refractivity contribution in [1.29, 1.82) is 0 Å². The van der Waals surface area contributed by atoms with Crippen LogP contribution in [-0.2, 0) is 0 Å². The van der Waals surface area contributed by atoms with Crippen molar-refractivity contribution < 1.29 is 4.74 Å². The lowest BCUT2D eigenvalue weighted by molar-refractivity contribution is 0.0366. The molecule has 1 unspecified atom stereocenters. The number of para-hydroxylation sites is 1. The van der Waals surface area contributed by atoms with E-state index in [0.717, 1.165) is 24.6 Å². The second-order valence-corrected chi connectivity index (χ2v) is 6.92. The highest BCUT2D eigenvalue weighted by Crippen LogP contribution is 2.46. The maximum Gasteiger partial charge on any atom is 0.124 e. The van der Waals surface area contributed by atoms with Crippen molar-refractivity contribution in [3.8, 4) is 5.75 Å². The lowest BCUT2D eigenvalue weighted by atomic mass is 9.86. The van der Waals surface area contributed by atoms with Gasteiger partial charge in [0.2, 0.25) is 0 Å². The Hall–Kier alpha value is -1.02. The van der Waals surface area contributed by atoms with Crippen molar-refractivity contribution in [2.75, 3.05) is 6.54 Å². The fraction of sp³-hybridized carbons (Fsp3) is 0.667. The number of hydrogen-bond donors (Lipinski definition) is 1. The van der Waals surface area contributed by atoms with Gasteiger partial charge in [-0.15, -0.1) is 0 Å². The van der Waals surface area contributed by atoms with Gasteiger partial charge in [-0.1, -0.05) is 32.0 Å². The average Bonchev–Trinajstić information content (AvgIpc) is 2.86. The third-order valence-corrected chi connectivity index (χ3v) is 4.82. The van der Waals surface area contributed by atoms with E-state index in [0.29, 0.717) is 6.04 Å². The number of benzene rings is 1. The molecule has 1 N–H and O–H groups in total. The molecule has 3 rings (SSSR count). The lowest BCUT2D eigenvalue weighted by Crippen LogP contribution is -2.42. The van der Waals surface area contributed by atoms with Gasteiger partial charge in [-0.3, -0.25) is 0 Å². The quantitative estimate of drug-likeness (QED) is 0.874. The van der Waals surface area contributed by atoms with Gasteiger partial charge < -0.3 is 10.1 Å². The molecule has 1 aliphatic heterocycles. The maximum absolute atomic E-state index is 6.40. The van der Waals surface area contributed by atoms with Gasteiger partial charge in [0.1, 0.15) is 11.4 Å². The molecule has 2 nitrogen and oxygen atoms in total. The topological polar surface area (TPSA) is 21.3 Å². The Morgan fingerprint density at radius 1 is 1.25 bits per heavy atom. The molecule has 1 spiro atoms. The minimum Gasteiger partial charge on any atom is -0.487 e. The van der Waals surface area contributed by atoms with E-state index in [1.807, 2.05) is 0 Å². The summed E-state index contributed by atoms with van der Waals surface area (Å²) in [6.45, 7) is 5.68. The van der Waals surface area contributed by atoms with Crippen molar-refractivity contribution in [3.05, 3.63) is 29.8 Å². The molecule has 2 aliphatic rings. The van der Waals surface area contributed by atoms with Gasteiger partial charge in [0.05, 0.1) is 0 Å². The van der Waals surface area contributed by atoms with E-state index >= 15 is 0 Å². The minimum absolute atomic E-state index is 0.115. The number of hydrogen-bond acceptors (Lipinski definition) is 2.